The van der Waals surface area contributed by atoms with E-state index in [0.29, 0.717) is 0 Å². The van der Waals surface area contributed by atoms with Crippen molar-refractivity contribution in [2.75, 3.05) is 0 Å². The zero-order valence-electron chi connectivity index (χ0n) is 11.0. The summed E-state index contributed by atoms with van der Waals surface area (Å²) in [5, 5.41) is 0. The minimum atomic E-state index is -0.202. The average molecular weight is 278 g/mol. The molecule has 102 valence electrons. The van der Waals surface area contributed by atoms with Crippen molar-refractivity contribution in [2.45, 2.75) is 32.2 Å². The van der Waals surface area contributed by atoms with Crippen LogP contribution < -0.4 is 11.3 Å². The molecule has 0 fully saturated rings. The molecule has 1 unspecified atom stereocenters. The molecule has 1 atom stereocenters. The Morgan fingerprint density at radius 2 is 1.79 bits per heavy atom. The number of nitrogens with one attached hydrogen (secondary N) is 1. The van der Waals surface area contributed by atoms with Crippen molar-refractivity contribution < 1.29 is 4.39 Å². The van der Waals surface area contributed by atoms with Crippen LogP contribution in [0.4, 0.5) is 4.39 Å². The second-order valence-corrected chi connectivity index (χ2v) is 5.87. The lowest BCUT2D eigenvalue weighted by Gasteiger charge is -2.15. The predicted molar refractivity (Wildman–Crippen MR) is 78.6 cm³/mol. The summed E-state index contributed by atoms with van der Waals surface area (Å²) in [6, 6.07) is 11.1. The molecule has 1 aromatic carbocycles. The third-order valence-electron chi connectivity index (χ3n) is 3.14. The second kappa shape index (κ2) is 6.80. The first kappa shape index (κ1) is 14.2. The van der Waals surface area contributed by atoms with Crippen molar-refractivity contribution in [3.8, 4) is 0 Å². The molecule has 2 nitrogen and oxygen atoms in total. The van der Waals surface area contributed by atoms with Crippen LogP contribution in [0.5, 0.6) is 0 Å². The van der Waals surface area contributed by atoms with Gasteiger partial charge in [-0.2, -0.15) is 0 Å². The third-order valence-corrected chi connectivity index (χ3v) is 4.40. The fourth-order valence-electron chi connectivity index (χ4n) is 2.06. The van der Waals surface area contributed by atoms with Crippen molar-refractivity contribution in [2.24, 2.45) is 5.84 Å². The number of hydrogen-bond acceptors (Lipinski definition) is 3. The van der Waals surface area contributed by atoms with Crippen molar-refractivity contribution >= 4 is 11.3 Å². The molecular formula is C15H19FN2S. The van der Waals surface area contributed by atoms with Gasteiger partial charge in [-0.05, 0) is 49.1 Å². The molecule has 0 bridgehead atoms. The summed E-state index contributed by atoms with van der Waals surface area (Å²) in [6.45, 7) is 2.16. The third kappa shape index (κ3) is 4.13. The van der Waals surface area contributed by atoms with Crippen LogP contribution in [0, 0.1) is 5.82 Å². The number of hydrogen-bond donors (Lipinski definition) is 2. The summed E-state index contributed by atoms with van der Waals surface area (Å²) in [5.74, 6) is 5.42. The van der Waals surface area contributed by atoms with E-state index < -0.39 is 0 Å². The summed E-state index contributed by atoms with van der Waals surface area (Å²) >= 11 is 1.83. The van der Waals surface area contributed by atoms with Gasteiger partial charge in [-0.1, -0.05) is 19.1 Å². The van der Waals surface area contributed by atoms with E-state index in [1.54, 1.807) is 0 Å². The normalized spacial score (nSPS) is 12.6. The first-order valence-corrected chi connectivity index (χ1v) is 7.31. The Morgan fingerprint density at radius 3 is 2.37 bits per heavy atom. The van der Waals surface area contributed by atoms with Crippen LogP contribution in [0.3, 0.4) is 0 Å². The van der Waals surface area contributed by atoms with Gasteiger partial charge < -0.3 is 0 Å². The Balaban J connectivity index is 1.98. The molecule has 0 radical (unpaired) electrons. The maximum absolute atomic E-state index is 12.9. The van der Waals surface area contributed by atoms with Gasteiger partial charge in [-0.15, -0.1) is 11.3 Å². The highest BCUT2D eigenvalue weighted by Crippen LogP contribution is 2.19. The largest absolute Gasteiger partial charge is 0.271 e. The molecule has 4 heteroatoms. The van der Waals surface area contributed by atoms with Crippen LogP contribution in [0.15, 0.2) is 36.4 Å². The van der Waals surface area contributed by atoms with Crippen LogP contribution >= 0.6 is 11.3 Å². The number of hydrazine groups is 1. The highest BCUT2D eigenvalue weighted by atomic mass is 32.1. The summed E-state index contributed by atoms with van der Waals surface area (Å²) in [7, 11) is 0. The Morgan fingerprint density at radius 1 is 1.11 bits per heavy atom. The molecule has 0 amide bonds. The van der Waals surface area contributed by atoms with Gasteiger partial charge in [0.1, 0.15) is 5.82 Å². The SMILES string of the molecule is CCc1ccc(CC(Cc2ccc(F)cc2)NN)s1. The maximum Gasteiger partial charge on any atom is 0.123 e. The molecule has 1 aromatic heterocycles. The number of rotatable bonds is 6. The molecule has 0 spiro atoms. The molecule has 19 heavy (non-hydrogen) atoms. The molecule has 0 saturated heterocycles. The van der Waals surface area contributed by atoms with E-state index in [0.717, 1.165) is 24.8 Å². The molecule has 2 rings (SSSR count). The van der Waals surface area contributed by atoms with Crippen molar-refractivity contribution in [1.29, 1.82) is 0 Å². The van der Waals surface area contributed by atoms with Gasteiger partial charge in [-0.3, -0.25) is 11.3 Å². The van der Waals surface area contributed by atoms with Crippen molar-refractivity contribution in [1.82, 2.24) is 5.43 Å². The van der Waals surface area contributed by atoms with E-state index >= 15 is 0 Å². The Bertz CT molecular complexity index is 507. The van der Waals surface area contributed by atoms with Gasteiger partial charge in [0.25, 0.3) is 0 Å². The number of aryl methyl sites for hydroxylation is 1. The summed E-state index contributed by atoms with van der Waals surface area (Å²) in [4.78, 5) is 2.73. The van der Waals surface area contributed by atoms with Crippen LogP contribution in [0.1, 0.15) is 22.2 Å². The van der Waals surface area contributed by atoms with Crippen LogP contribution in [0.2, 0.25) is 0 Å². The van der Waals surface area contributed by atoms with Crippen LogP contribution in [-0.4, -0.2) is 6.04 Å². The fraction of sp³-hybridized carbons (Fsp3) is 0.333. The Hall–Kier alpha value is -1.23. The van der Waals surface area contributed by atoms with Crippen molar-refractivity contribution in [3.63, 3.8) is 0 Å². The van der Waals surface area contributed by atoms with Gasteiger partial charge in [0.2, 0.25) is 0 Å². The van der Waals surface area contributed by atoms with Crippen molar-refractivity contribution in [3.05, 3.63) is 57.5 Å². The lowest BCUT2D eigenvalue weighted by atomic mass is 10.0. The van der Waals surface area contributed by atoms with E-state index in [-0.39, 0.29) is 11.9 Å². The number of nitrogens with two attached hydrogens (primary N) is 1. The number of halogens is 1. The first-order chi connectivity index (χ1) is 9.21. The predicted octanol–water partition coefficient (Wildman–Crippen LogP) is 3.07. The average Bonchev–Trinajstić information content (AvgIpc) is 2.88. The van der Waals surface area contributed by atoms with Gasteiger partial charge >= 0.3 is 0 Å². The lowest BCUT2D eigenvalue weighted by Crippen LogP contribution is -2.38. The number of thiophene rings is 1. The van der Waals surface area contributed by atoms with E-state index in [1.165, 1.54) is 21.9 Å². The van der Waals surface area contributed by atoms with Gasteiger partial charge in [0.15, 0.2) is 0 Å². The highest BCUT2D eigenvalue weighted by molar-refractivity contribution is 7.11. The minimum Gasteiger partial charge on any atom is -0.271 e. The Labute approximate surface area is 117 Å². The Kier molecular flexibility index (Phi) is 5.07. The molecule has 0 aliphatic heterocycles. The summed E-state index contributed by atoms with van der Waals surface area (Å²) in [5.41, 5.74) is 3.95. The maximum atomic E-state index is 12.9. The second-order valence-electron chi connectivity index (χ2n) is 4.62. The van der Waals surface area contributed by atoms with Gasteiger partial charge in [0, 0.05) is 15.8 Å². The lowest BCUT2D eigenvalue weighted by molar-refractivity contribution is 0.525. The smallest absolute Gasteiger partial charge is 0.123 e. The topological polar surface area (TPSA) is 38.0 Å². The molecule has 0 saturated carbocycles. The van der Waals surface area contributed by atoms with E-state index in [1.807, 2.05) is 23.5 Å². The van der Waals surface area contributed by atoms with Gasteiger partial charge in [0.05, 0.1) is 0 Å². The minimum absolute atomic E-state index is 0.175. The number of benzene rings is 1. The fourth-order valence-corrected chi connectivity index (χ4v) is 3.10. The summed E-state index contributed by atoms with van der Waals surface area (Å²) in [6.07, 6.45) is 2.78. The first-order valence-electron chi connectivity index (χ1n) is 6.49. The van der Waals surface area contributed by atoms with Crippen LogP contribution in [-0.2, 0) is 19.3 Å². The van der Waals surface area contributed by atoms with Crippen LogP contribution in [0.25, 0.3) is 0 Å². The monoisotopic (exact) mass is 278 g/mol. The quantitative estimate of drug-likeness (QED) is 0.629. The zero-order valence-corrected chi connectivity index (χ0v) is 11.8. The molecule has 0 aliphatic carbocycles. The molecule has 0 aliphatic rings. The highest BCUT2D eigenvalue weighted by Gasteiger charge is 2.10. The molecule has 3 N–H and O–H groups in total. The molecular weight excluding hydrogens is 259 g/mol. The van der Waals surface area contributed by atoms with E-state index in [4.69, 9.17) is 5.84 Å². The molecule has 1 heterocycles. The van der Waals surface area contributed by atoms with Gasteiger partial charge in [-0.25, -0.2) is 4.39 Å². The summed E-state index contributed by atoms with van der Waals surface area (Å²) < 4.78 is 12.9. The van der Waals surface area contributed by atoms with E-state index in [2.05, 4.69) is 24.5 Å². The van der Waals surface area contributed by atoms with E-state index in [9.17, 15) is 4.39 Å². The zero-order chi connectivity index (χ0) is 13.7. The standard InChI is InChI=1S/C15H19FN2S/c1-2-14-7-8-15(19-14)10-13(18-17)9-11-3-5-12(16)6-4-11/h3-8,13,18H,2,9-10,17H2,1H3. The molecule has 2 aromatic rings.